The molecule has 0 aliphatic carbocycles. The minimum Gasteiger partial charge on any atom is -0.372 e. The number of carbonyl (C=O) groups is 1. The van der Waals surface area contributed by atoms with Crippen molar-refractivity contribution >= 4 is 6.29 Å². The maximum Gasteiger partial charge on any atom is 0.150 e. The van der Waals surface area contributed by atoms with Crippen molar-refractivity contribution in [2.75, 3.05) is 0 Å². The molecule has 1 aromatic rings. The van der Waals surface area contributed by atoms with Gasteiger partial charge in [-0.15, -0.1) is 0 Å². The van der Waals surface area contributed by atoms with E-state index < -0.39 is 5.72 Å². The van der Waals surface area contributed by atoms with Crippen LogP contribution in [-0.4, -0.2) is 11.4 Å². The van der Waals surface area contributed by atoms with Crippen LogP contribution in [0.15, 0.2) is 24.3 Å². The smallest absolute Gasteiger partial charge is 0.150 e. The van der Waals surface area contributed by atoms with E-state index >= 15 is 0 Å². The molecule has 1 atom stereocenters. The van der Waals surface area contributed by atoms with Crippen LogP contribution >= 0.6 is 0 Å². The van der Waals surface area contributed by atoms with Crippen LogP contribution in [0, 0.1) is 0 Å². The summed E-state index contributed by atoms with van der Waals surface area (Å²) in [7, 11) is 0. The number of hydrogen-bond acceptors (Lipinski definition) is 3. The van der Waals surface area contributed by atoms with Crippen LogP contribution in [0.3, 0.4) is 0 Å². The second kappa shape index (κ2) is 3.68. The molecule has 0 spiro atoms. The molecule has 0 saturated carbocycles. The maximum atomic E-state index is 10.6. The topological polar surface area (TPSA) is 63.3 Å². The van der Waals surface area contributed by atoms with Crippen LogP contribution in [0.25, 0.3) is 0 Å². The first kappa shape index (κ1) is 9.89. The predicted molar refractivity (Wildman–Crippen MR) is 50.2 cm³/mol. The lowest BCUT2D eigenvalue weighted by molar-refractivity contribution is 0.0386. The van der Waals surface area contributed by atoms with Crippen LogP contribution in [0.5, 0.6) is 0 Å². The highest BCUT2D eigenvalue weighted by molar-refractivity contribution is 5.77. The molecular formula is C10H13NO2. The normalized spacial score (nSPS) is 15.0. The van der Waals surface area contributed by atoms with Crippen molar-refractivity contribution < 1.29 is 9.90 Å². The lowest BCUT2D eigenvalue weighted by Crippen LogP contribution is -2.36. The van der Waals surface area contributed by atoms with Crippen LogP contribution in [0.1, 0.15) is 29.3 Å². The molecule has 0 aliphatic heterocycles. The summed E-state index contributed by atoms with van der Waals surface area (Å²) in [6.07, 6.45) is 1.07. The fourth-order valence-electron chi connectivity index (χ4n) is 1.18. The molecule has 1 aromatic carbocycles. The van der Waals surface area contributed by atoms with Gasteiger partial charge in [-0.25, -0.2) is 0 Å². The van der Waals surface area contributed by atoms with Crippen LogP contribution < -0.4 is 5.73 Å². The van der Waals surface area contributed by atoms with E-state index in [-0.39, 0.29) is 0 Å². The third-order valence-electron chi connectivity index (χ3n) is 2.09. The molecule has 0 radical (unpaired) electrons. The number of hydrogen-bond donors (Lipinski definition) is 2. The first-order valence-electron chi connectivity index (χ1n) is 4.17. The zero-order chi connectivity index (χ0) is 9.90. The molecular weight excluding hydrogens is 166 g/mol. The highest BCUT2D eigenvalue weighted by atomic mass is 16.3. The van der Waals surface area contributed by atoms with Crippen molar-refractivity contribution in [3.05, 3.63) is 35.4 Å². The highest BCUT2D eigenvalue weighted by Crippen LogP contribution is 2.21. The standard InChI is InChI=1S/C10H13NO2/c1-2-10(11,13)9-6-4-3-5-8(9)7-12/h3-7,13H,2,11H2,1H3/t10-/m0/s1. The molecule has 0 bridgehead atoms. The van der Waals surface area contributed by atoms with E-state index in [1.807, 2.05) is 0 Å². The zero-order valence-electron chi connectivity index (χ0n) is 7.53. The fraction of sp³-hybridized carbons (Fsp3) is 0.300. The molecule has 3 N–H and O–H groups in total. The van der Waals surface area contributed by atoms with Gasteiger partial charge in [-0.1, -0.05) is 31.2 Å². The number of aliphatic hydroxyl groups is 1. The lowest BCUT2D eigenvalue weighted by Gasteiger charge is -2.22. The Morgan fingerprint density at radius 3 is 2.69 bits per heavy atom. The van der Waals surface area contributed by atoms with Gasteiger partial charge in [0.05, 0.1) is 0 Å². The summed E-state index contributed by atoms with van der Waals surface area (Å²) in [5.41, 5.74) is 5.12. The Bertz CT molecular complexity index is 308. The van der Waals surface area contributed by atoms with E-state index in [9.17, 15) is 9.90 Å². The molecule has 0 amide bonds. The van der Waals surface area contributed by atoms with Gasteiger partial charge in [0.2, 0.25) is 0 Å². The number of carbonyl (C=O) groups excluding carboxylic acids is 1. The molecule has 0 fully saturated rings. The summed E-state index contributed by atoms with van der Waals surface area (Å²) in [6.45, 7) is 1.77. The minimum atomic E-state index is -1.41. The molecule has 3 heteroatoms. The molecule has 0 saturated heterocycles. The van der Waals surface area contributed by atoms with E-state index in [2.05, 4.69) is 0 Å². The van der Waals surface area contributed by atoms with E-state index in [1.54, 1.807) is 31.2 Å². The Hall–Kier alpha value is -1.19. The SMILES string of the molecule is CC[C@](N)(O)c1ccccc1C=O. The van der Waals surface area contributed by atoms with E-state index in [0.29, 0.717) is 23.8 Å². The number of aldehydes is 1. The summed E-state index contributed by atoms with van der Waals surface area (Å²) in [4.78, 5) is 10.6. The van der Waals surface area contributed by atoms with Crippen molar-refractivity contribution in [1.29, 1.82) is 0 Å². The highest BCUT2D eigenvalue weighted by Gasteiger charge is 2.23. The average molecular weight is 179 g/mol. The molecule has 1 rings (SSSR count). The second-order valence-electron chi connectivity index (χ2n) is 2.98. The Morgan fingerprint density at radius 2 is 2.15 bits per heavy atom. The Kier molecular flexibility index (Phi) is 2.80. The summed E-state index contributed by atoms with van der Waals surface area (Å²) < 4.78 is 0. The molecule has 0 heterocycles. The molecule has 70 valence electrons. The zero-order valence-corrected chi connectivity index (χ0v) is 7.53. The van der Waals surface area contributed by atoms with Crippen molar-refractivity contribution in [3.63, 3.8) is 0 Å². The third-order valence-corrected chi connectivity index (χ3v) is 2.09. The van der Waals surface area contributed by atoms with Gasteiger partial charge in [0.15, 0.2) is 0 Å². The summed E-state index contributed by atoms with van der Waals surface area (Å²) in [5.74, 6) is 0. The van der Waals surface area contributed by atoms with Gasteiger partial charge < -0.3 is 5.11 Å². The van der Waals surface area contributed by atoms with E-state index in [0.717, 1.165) is 0 Å². The van der Waals surface area contributed by atoms with Crippen molar-refractivity contribution in [1.82, 2.24) is 0 Å². The Labute approximate surface area is 77.2 Å². The predicted octanol–water partition coefficient (Wildman–Crippen LogP) is 1.01. The fourth-order valence-corrected chi connectivity index (χ4v) is 1.18. The Morgan fingerprint density at radius 1 is 1.54 bits per heavy atom. The summed E-state index contributed by atoms with van der Waals surface area (Å²) >= 11 is 0. The van der Waals surface area contributed by atoms with Crippen molar-refractivity contribution in [2.45, 2.75) is 19.1 Å². The largest absolute Gasteiger partial charge is 0.372 e. The summed E-state index contributed by atoms with van der Waals surface area (Å²) in [5, 5.41) is 9.73. The second-order valence-corrected chi connectivity index (χ2v) is 2.98. The van der Waals surface area contributed by atoms with Gasteiger partial charge in [-0.3, -0.25) is 10.5 Å². The molecule has 13 heavy (non-hydrogen) atoms. The van der Waals surface area contributed by atoms with Gasteiger partial charge >= 0.3 is 0 Å². The average Bonchev–Trinajstić information content (AvgIpc) is 2.18. The quantitative estimate of drug-likeness (QED) is 0.537. The van der Waals surface area contributed by atoms with E-state index in [4.69, 9.17) is 5.73 Å². The van der Waals surface area contributed by atoms with Crippen molar-refractivity contribution in [2.24, 2.45) is 5.73 Å². The van der Waals surface area contributed by atoms with Gasteiger partial charge in [-0.05, 0) is 6.42 Å². The molecule has 0 aliphatic rings. The molecule has 0 aromatic heterocycles. The Balaban J connectivity index is 3.20. The number of benzene rings is 1. The van der Waals surface area contributed by atoms with Crippen LogP contribution in [0.4, 0.5) is 0 Å². The van der Waals surface area contributed by atoms with Crippen LogP contribution in [0.2, 0.25) is 0 Å². The third kappa shape index (κ3) is 1.94. The molecule has 3 nitrogen and oxygen atoms in total. The van der Waals surface area contributed by atoms with Gasteiger partial charge in [-0.2, -0.15) is 0 Å². The monoisotopic (exact) mass is 179 g/mol. The lowest BCUT2D eigenvalue weighted by atomic mass is 9.96. The maximum absolute atomic E-state index is 10.6. The number of rotatable bonds is 3. The first-order chi connectivity index (χ1) is 6.11. The first-order valence-corrected chi connectivity index (χ1v) is 4.17. The number of nitrogens with two attached hydrogens (primary N) is 1. The molecule has 0 unspecified atom stereocenters. The summed E-state index contributed by atoms with van der Waals surface area (Å²) in [6, 6.07) is 6.78. The van der Waals surface area contributed by atoms with Gasteiger partial charge in [0, 0.05) is 11.1 Å². The van der Waals surface area contributed by atoms with Gasteiger partial charge in [0.1, 0.15) is 12.0 Å². The van der Waals surface area contributed by atoms with Crippen molar-refractivity contribution in [3.8, 4) is 0 Å². The van der Waals surface area contributed by atoms with E-state index in [1.165, 1.54) is 0 Å². The van der Waals surface area contributed by atoms with Crippen LogP contribution in [-0.2, 0) is 5.72 Å². The minimum absolute atomic E-state index is 0.373. The van der Waals surface area contributed by atoms with Gasteiger partial charge in [0.25, 0.3) is 0 Å².